The van der Waals surface area contributed by atoms with Crippen molar-refractivity contribution in [1.82, 2.24) is 4.90 Å². The Bertz CT molecular complexity index is 448. The molecule has 0 aliphatic heterocycles. The van der Waals surface area contributed by atoms with Gasteiger partial charge >= 0.3 is 6.03 Å². The van der Waals surface area contributed by atoms with Crippen LogP contribution in [-0.2, 0) is 0 Å². The Labute approximate surface area is 114 Å². The van der Waals surface area contributed by atoms with Crippen LogP contribution < -0.4 is 5.32 Å². The lowest BCUT2D eigenvalue weighted by molar-refractivity contribution is 0.116. The minimum absolute atomic E-state index is 0.117. The molecule has 4 nitrogen and oxygen atoms in total. The Morgan fingerprint density at radius 3 is 2.79 bits per heavy atom. The third-order valence-corrected chi connectivity index (χ3v) is 3.86. The molecule has 1 saturated carbocycles. The Balaban J connectivity index is 1.91. The Hall–Kier alpha value is -1.55. The van der Waals surface area contributed by atoms with Crippen molar-refractivity contribution in [3.63, 3.8) is 0 Å². The number of aliphatic hydroxyl groups is 1. The van der Waals surface area contributed by atoms with Gasteiger partial charge in [0.15, 0.2) is 0 Å². The predicted molar refractivity (Wildman–Crippen MR) is 76.2 cm³/mol. The molecular formula is C15H22N2O2. The lowest BCUT2D eigenvalue weighted by atomic mass is 10.1. The van der Waals surface area contributed by atoms with Gasteiger partial charge in [-0.2, -0.15) is 0 Å². The summed E-state index contributed by atoms with van der Waals surface area (Å²) in [6.07, 6.45) is 2.66. The van der Waals surface area contributed by atoms with Crippen LogP contribution in [0, 0.1) is 12.8 Å². The molecule has 0 saturated heterocycles. The number of amides is 2. The molecule has 1 aliphatic carbocycles. The minimum atomic E-state index is -0.256. The number of nitrogens with one attached hydrogen (secondary N) is 1. The molecule has 2 unspecified atom stereocenters. The fraction of sp³-hybridized carbons (Fsp3) is 0.533. The van der Waals surface area contributed by atoms with Crippen molar-refractivity contribution in [3.05, 3.63) is 29.8 Å². The second-order valence-corrected chi connectivity index (χ2v) is 5.38. The number of aliphatic hydroxyl groups excluding tert-OH is 1. The smallest absolute Gasteiger partial charge is 0.321 e. The van der Waals surface area contributed by atoms with Gasteiger partial charge in [-0.3, -0.25) is 0 Å². The zero-order chi connectivity index (χ0) is 13.8. The van der Waals surface area contributed by atoms with Crippen LogP contribution in [0.1, 0.15) is 24.8 Å². The summed E-state index contributed by atoms with van der Waals surface area (Å²) < 4.78 is 0. The third kappa shape index (κ3) is 3.47. The summed E-state index contributed by atoms with van der Waals surface area (Å²) >= 11 is 0. The zero-order valence-electron chi connectivity index (χ0n) is 11.6. The fourth-order valence-electron chi connectivity index (χ4n) is 2.59. The zero-order valence-corrected chi connectivity index (χ0v) is 11.6. The highest BCUT2D eigenvalue weighted by molar-refractivity contribution is 5.89. The second-order valence-electron chi connectivity index (χ2n) is 5.38. The van der Waals surface area contributed by atoms with Crippen molar-refractivity contribution in [2.45, 2.75) is 32.3 Å². The van der Waals surface area contributed by atoms with Crippen molar-refractivity contribution in [1.29, 1.82) is 0 Å². The van der Waals surface area contributed by atoms with Gasteiger partial charge in [0, 0.05) is 25.2 Å². The molecule has 1 aromatic carbocycles. The molecule has 1 fully saturated rings. The van der Waals surface area contributed by atoms with Crippen molar-refractivity contribution >= 4 is 11.7 Å². The molecule has 0 heterocycles. The van der Waals surface area contributed by atoms with Gasteiger partial charge in [0.1, 0.15) is 0 Å². The normalized spacial score (nSPS) is 22.3. The predicted octanol–water partition coefficient (Wildman–Crippen LogP) is 2.62. The number of anilines is 1. The van der Waals surface area contributed by atoms with Gasteiger partial charge in [-0.05, 0) is 31.4 Å². The summed E-state index contributed by atoms with van der Waals surface area (Å²) in [6.45, 7) is 2.58. The number of nitrogens with zero attached hydrogens (tertiary/aromatic N) is 1. The Morgan fingerprint density at radius 2 is 2.16 bits per heavy atom. The summed E-state index contributed by atoms with van der Waals surface area (Å²) in [5.41, 5.74) is 1.89. The van der Waals surface area contributed by atoms with Gasteiger partial charge < -0.3 is 15.3 Å². The standard InChI is InChI=1S/C15H22N2O2/c1-11-6-3-4-8-13(11)16-15(19)17(2)10-12-7-5-9-14(12)18/h3-4,6,8,12,14,18H,5,7,9-10H2,1-2H3,(H,16,19). The first-order valence-corrected chi connectivity index (χ1v) is 6.83. The summed E-state index contributed by atoms with van der Waals surface area (Å²) in [6, 6.07) is 7.60. The molecule has 0 bridgehead atoms. The van der Waals surface area contributed by atoms with Gasteiger partial charge in [-0.25, -0.2) is 4.79 Å². The highest BCUT2D eigenvalue weighted by atomic mass is 16.3. The lowest BCUT2D eigenvalue weighted by Gasteiger charge is -2.24. The lowest BCUT2D eigenvalue weighted by Crippen LogP contribution is -2.37. The van der Waals surface area contributed by atoms with E-state index in [9.17, 15) is 9.90 Å². The third-order valence-electron chi connectivity index (χ3n) is 3.86. The number of para-hydroxylation sites is 1. The van der Waals surface area contributed by atoms with E-state index in [1.54, 1.807) is 11.9 Å². The summed E-state index contributed by atoms with van der Waals surface area (Å²) in [5, 5.41) is 12.7. The highest BCUT2D eigenvalue weighted by Crippen LogP contribution is 2.26. The van der Waals surface area contributed by atoms with E-state index in [4.69, 9.17) is 0 Å². The number of carbonyl (C=O) groups excluding carboxylic acids is 1. The molecule has 4 heteroatoms. The van der Waals surface area contributed by atoms with Crippen LogP contribution in [0.4, 0.5) is 10.5 Å². The number of rotatable bonds is 3. The van der Waals surface area contributed by atoms with E-state index in [1.807, 2.05) is 31.2 Å². The van der Waals surface area contributed by atoms with E-state index in [1.165, 1.54) is 0 Å². The molecule has 2 rings (SSSR count). The monoisotopic (exact) mass is 262 g/mol. The maximum atomic E-state index is 12.1. The molecule has 2 N–H and O–H groups in total. The minimum Gasteiger partial charge on any atom is -0.393 e. The van der Waals surface area contributed by atoms with E-state index in [0.717, 1.165) is 30.5 Å². The van der Waals surface area contributed by atoms with Gasteiger partial charge in [-0.15, -0.1) is 0 Å². The molecule has 0 radical (unpaired) electrons. The average molecular weight is 262 g/mol. The van der Waals surface area contributed by atoms with Crippen LogP contribution in [0.3, 0.4) is 0 Å². The van der Waals surface area contributed by atoms with Crippen molar-refractivity contribution < 1.29 is 9.90 Å². The largest absolute Gasteiger partial charge is 0.393 e. The molecule has 0 spiro atoms. The Morgan fingerprint density at radius 1 is 1.42 bits per heavy atom. The van der Waals surface area contributed by atoms with E-state index in [0.29, 0.717) is 6.54 Å². The molecule has 0 aromatic heterocycles. The first-order valence-electron chi connectivity index (χ1n) is 6.83. The van der Waals surface area contributed by atoms with Gasteiger partial charge in [0.05, 0.1) is 6.10 Å². The van der Waals surface area contributed by atoms with Gasteiger partial charge in [-0.1, -0.05) is 24.6 Å². The molecule has 104 valence electrons. The van der Waals surface area contributed by atoms with Crippen LogP contribution in [-0.4, -0.2) is 35.7 Å². The first kappa shape index (κ1) is 13.9. The summed E-state index contributed by atoms with van der Waals surface area (Å²) in [4.78, 5) is 13.8. The van der Waals surface area contributed by atoms with Crippen LogP contribution in [0.5, 0.6) is 0 Å². The van der Waals surface area contributed by atoms with Crippen LogP contribution in [0.15, 0.2) is 24.3 Å². The Kier molecular flexibility index (Phi) is 4.43. The highest BCUT2D eigenvalue weighted by Gasteiger charge is 2.27. The first-order chi connectivity index (χ1) is 9.08. The average Bonchev–Trinajstić information content (AvgIpc) is 2.78. The molecule has 1 aromatic rings. The number of aryl methyl sites for hydroxylation is 1. The molecule has 2 atom stereocenters. The van der Waals surface area contributed by atoms with Gasteiger partial charge in [0.2, 0.25) is 0 Å². The van der Waals surface area contributed by atoms with Gasteiger partial charge in [0.25, 0.3) is 0 Å². The van der Waals surface area contributed by atoms with E-state index in [-0.39, 0.29) is 18.1 Å². The molecule has 1 aliphatic rings. The topological polar surface area (TPSA) is 52.6 Å². The van der Waals surface area contributed by atoms with E-state index in [2.05, 4.69) is 5.32 Å². The van der Waals surface area contributed by atoms with E-state index < -0.39 is 0 Å². The van der Waals surface area contributed by atoms with Crippen molar-refractivity contribution in [2.75, 3.05) is 18.9 Å². The quantitative estimate of drug-likeness (QED) is 0.879. The van der Waals surface area contributed by atoms with Crippen LogP contribution >= 0.6 is 0 Å². The maximum Gasteiger partial charge on any atom is 0.321 e. The van der Waals surface area contributed by atoms with E-state index >= 15 is 0 Å². The summed E-state index contributed by atoms with van der Waals surface area (Å²) in [7, 11) is 1.78. The number of carbonyl (C=O) groups is 1. The number of urea groups is 1. The van der Waals surface area contributed by atoms with Crippen LogP contribution in [0.2, 0.25) is 0 Å². The second kappa shape index (κ2) is 6.06. The molecule has 2 amide bonds. The maximum absolute atomic E-state index is 12.1. The SMILES string of the molecule is Cc1ccccc1NC(=O)N(C)CC1CCCC1O. The fourth-order valence-corrected chi connectivity index (χ4v) is 2.59. The molecule has 19 heavy (non-hydrogen) atoms. The van der Waals surface area contributed by atoms with Crippen molar-refractivity contribution in [2.24, 2.45) is 5.92 Å². The van der Waals surface area contributed by atoms with Crippen molar-refractivity contribution in [3.8, 4) is 0 Å². The number of hydrogen-bond acceptors (Lipinski definition) is 2. The molecular weight excluding hydrogens is 240 g/mol. The summed E-state index contributed by atoms with van der Waals surface area (Å²) in [5.74, 6) is 0.215. The van der Waals surface area contributed by atoms with Crippen LogP contribution in [0.25, 0.3) is 0 Å². The number of hydrogen-bond donors (Lipinski definition) is 2. The number of benzene rings is 1.